The molecule has 1 unspecified atom stereocenters. The van der Waals surface area contributed by atoms with Crippen LogP contribution in [0.2, 0.25) is 0 Å². The van der Waals surface area contributed by atoms with E-state index in [-0.39, 0.29) is 29.3 Å². The van der Waals surface area contributed by atoms with Crippen LogP contribution in [0, 0.1) is 11.8 Å². The summed E-state index contributed by atoms with van der Waals surface area (Å²) in [6.07, 6.45) is 3.00. The van der Waals surface area contributed by atoms with Crippen molar-refractivity contribution >= 4 is 53.1 Å². The van der Waals surface area contributed by atoms with Gasteiger partial charge in [0.2, 0.25) is 12.2 Å². The van der Waals surface area contributed by atoms with Crippen LogP contribution in [-0.4, -0.2) is 63.5 Å². The largest absolute Gasteiger partial charge is 0.511 e. The molecule has 11 nitrogen and oxygen atoms in total. The highest BCUT2D eigenvalue weighted by molar-refractivity contribution is 8.06. The third-order valence-corrected chi connectivity index (χ3v) is 8.78. The van der Waals surface area contributed by atoms with Gasteiger partial charge in [0.1, 0.15) is 17.5 Å². The van der Waals surface area contributed by atoms with Gasteiger partial charge in [0.25, 0.3) is 5.91 Å². The lowest BCUT2D eigenvalue weighted by Crippen LogP contribution is -2.63. The van der Waals surface area contributed by atoms with Crippen LogP contribution in [0.5, 0.6) is 0 Å². The van der Waals surface area contributed by atoms with Gasteiger partial charge in [-0.25, -0.2) is 14.6 Å². The van der Waals surface area contributed by atoms with E-state index in [1.54, 1.807) is 18.4 Å². The molecule has 2 aliphatic heterocycles. The van der Waals surface area contributed by atoms with E-state index in [0.717, 1.165) is 32.1 Å². The summed E-state index contributed by atoms with van der Waals surface area (Å²) in [7, 11) is 0. The molecule has 0 radical (unpaired) electrons. The number of rotatable bonds is 9. The molecule has 0 spiro atoms. The van der Waals surface area contributed by atoms with Crippen LogP contribution in [0.1, 0.15) is 68.2 Å². The Morgan fingerprint density at radius 1 is 1.24 bits per heavy atom. The Morgan fingerprint density at radius 2 is 1.95 bits per heavy atom. The van der Waals surface area contributed by atoms with Crippen molar-refractivity contribution in [3.8, 4) is 0 Å². The van der Waals surface area contributed by atoms with Crippen LogP contribution in [0.25, 0.3) is 6.08 Å². The van der Waals surface area contributed by atoms with Crippen molar-refractivity contribution in [1.29, 1.82) is 0 Å². The summed E-state index contributed by atoms with van der Waals surface area (Å²) in [5, 5.41) is 11.8. The number of thiazole rings is 1. The molecule has 3 heterocycles. The normalized spacial score (nSPS) is 25.1. The smallest absolute Gasteiger partial charge is 0.431 e. The van der Waals surface area contributed by atoms with Gasteiger partial charge in [0.15, 0.2) is 0 Å². The summed E-state index contributed by atoms with van der Waals surface area (Å²) in [6, 6.07) is -0.418. The maximum absolute atomic E-state index is 13.3. The molecular formula is C25H31N3O8S2. The third kappa shape index (κ3) is 5.74. The number of hydrogen-bond donors (Lipinski definition) is 2. The maximum Gasteiger partial charge on any atom is 0.511 e. The lowest BCUT2D eigenvalue weighted by molar-refractivity contribution is -0.174. The topological polar surface area (TPSA) is 158 Å². The van der Waals surface area contributed by atoms with Crippen molar-refractivity contribution in [2.75, 3.05) is 0 Å². The lowest BCUT2D eigenvalue weighted by atomic mass is 9.79. The molecular weight excluding hydrogens is 534 g/mol. The Hall–Kier alpha value is -2.90. The lowest BCUT2D eigenvalue weighted by Gasteiger charge is -2.46. The summed E-state index contributed by atoms with van der Waals surface area (Å²) < 4.78 is 15.8. The minimum absolute atomic E-state index is 0.0366. The van der Waals surface area contributed by atoms with Gasteiger partial charge in [0, 0.05) is 17.7 Å². The van der Waals surface area contributed by atoms with Crippen LogP contribution in [0.4, 0.5) is 4.79 Å². The quantitative estimate of drug-likeness (QED) is 0.258. The first-order valence-corrected chi connectivity index (χ1v) is 14.3. The number of nitrogens with two attached hydrogens (primary N) is 1. The Kier molecular flexibility index (Phi) is 8.78. The third-order valence-electron chi connectivity index (χ3n) is 6.89. The molecule has 1 aliphatic carbocycles. The van der Waals surface area contributed by atoms with Crippen LogP contribution in [-0.2, 0) is 23.8 Å². The first kappa shape index (κ1) is 28.1. The molecule has 3 N–H and O–H groups in total. The molecule has 0 bridgehead atoms. The Bertz CT molecular complexity index is 1160. The minimum atomic E-state index is -1.25. The second-order valence-corrected chi connectivity index (χ2v) is 11.4. The Labute approximate surface area is 228 Å². The summed E-state index contributed by atoms with van der Waals surface area (Å²) in [5.41, 5.74) is 7.03. The van der Waals surface area contributed by atoms with Crippen molar-refractivity contribution < 1.29 is 38.5 Å². The molecule has 3 aliphatic rings. The van der Waals surface area contributed by atoms with Gasteiger partial charge in [-0.2, -0.15) is 0 Å². The zero-order chi connectivity index (χ0) is 27.6. The van der Waals surface area contributed by atoms with Gasteiger partial charge in [-0.3, -0.25) is 9.59 Å². The number of nitrogens with zero attached hydrogens (tertiary/aromatic N) is 2. The number of fused-ring (bicyclic) bond motifs is 1. The first-order chi connectivity index (χ1) is 18.1. The van der Waals surface area contributed by atoms with Crippen LogP contribution < -0.4 is 5.73 Å². The van der Waals surface area contributed by atoms with Gasteiger partial charge < -0.3 is 30.0 Å². The van der Waals surface area contributed by atoms with Crippen molar-refractivity contribution in [3.05, 3.63) is 32.1 Å². The van der Waals surface area contributed by atoms with Crippen molar-refractivity contribution in [3.63, 3.8) is 0 Å². The average molecular weight is 566 g/mol. The number of primary amides is 1. The minimum Gasteiger partial charge on any atom is -0.431 e. The molecule has 38 heavy (non-hydrogen) atoms. The Balaban J connectivity index is 1.49. The molecule has 1 aromatic heterocycles. The molecule has 0 aromatic carbocycles. The monoisotopic (exact) mass is 565 g/mol. The van der Waals surface area contributed by atoms with Crippen molar-refractivity contribution in [1.82, 2.24) is 9.88 Å². The van der Waals surface area contributed by atoms with E-state index in [9.17, 15) is 24.3 Å². The summed E-state index contributed by atoms with van der Waals surface area (Å²) in [5.74, 6) is -2.81. The van der Waals surface area contributed by atoms with Gasteiger partial charge in [-0.15, -0.1) is 11.3 Å². The second kappa shape index (κ2) is 11.9. The number of ether oxygens (including phenoxy) is 3. The highest BCUT2D eigenvalue weighted by atomic mass is 32.2. The van der Waals surface area contributed by atoms with E-state index in [0.29, 0.717) is 9.78 Å². The predicted molar refractivity (Wildman–Crippen MR) is 139 cm³/mol. The highest BCUT2D eigenvalue weighted by Crippen LogP contribution is 2.51. The SMILES string of the molecule is CC(OC(=O)OC1CCCCC1)OC(=O)C1=C(S/C=C\c2scnc2C(N)=O)[C@H](C)[C@@H]2[C@@H]([C@@H](C)O)C(=O)N12. The molecule has 1 saturated carbocycles. The van der Waals surface area contributed by atoms with E-state index in [2.05, 4.69) is 4.98 Å². The predicted octanol–water partition coefficient (Wildman–Crippen LogP) is 3.39. The van der Waals surface area contributed by atoms with E-state index >= 15 is 0 Å². The number of thioether (sulfide) groups is 1. The molecule has 1 aromatic rings. The average Bonchev–Trinajstić information content (AvgIpc) is 3.41. The second-order valence-electron chi connectivity index (χ2n) is 9.54. The number of β-lactam (4-membered cyclic amide) rings is 1. The molecule has 2 fully saturated rings. The number of amides is 2. The number of carbonyl (C=O) groups is 4. The van der Waals surface area contributed by atoms with Gasteiger partial charge in [-0.05, 0) is 44.1 Å². The highest BCUT2D eigenvalue weighted by Gasteiger charge is 2.60. The summed E-state index contributed by atoms with van der Waals surface area (Å²) >= 11 is 2.43. The molecule has 206 valence electrons. The fourth-order valence-electron chi connectivity index (χ4n) is 5.11. The number of carbonyl (C=O) groups excluding carboxylic acids is 4. The maximum atomic E-state index is 13.3. The molecule has 2 amide bonds. The molecule has 4 rings (SSSR count). The Morgan fingerprint density at radius 3 is 2.61 bits per heavy atom. The summed E-state index contributed by atoms with van der Waals surface area (Å²) in [4.78, 5) is 56.3. The number of aliphatic hydroxyl groups is 1. The van der Waals surface area contributed by atoms with E-state index in [1.165, 1.54) is 40.4 Å². The van der Waals surface area contributed by atoms with Crippen LogP contribution in [0.15, 0.2) is 21.5 Å². The van der Waals surface area contributed by atoms with Crippen LogP contribution in [0.3, 0.4) is 0 Å². The van der Waals surface area contributed by atoms with Crippen LogP contribution >= 0.6 is 23.1 Å². The van der Waals surface area contributed by atoms with Crippen molar-refractivity contribution in [2.24, 2.45) is 17.6 Å². The van der Waals surface area contributed by atoms with Gasteiger partial charge in [0.05, 0.1) is 28.5 Å². The zero-order valence-corrected chi connectivity index (χ0v) is 23.0. The fraction of sp³-hybridized carbons (Fsp3) is 0.560. The van der Waals surface area contributed by atoms with Crippen molar-refractivity contribution in [2.45, 2.75) is 77.4 Å². The first-order valence-electron chi connectivity index (χ1n) is 12.5. The van der Waals surface area contributed by atoms with Gasteiger partial charge >= 0.3 is 12.1 Å². The standard InChI is InChI=1S/C25H31N3O8S2/c1-12-19-17(13(2)29)23(31)28(19)20(21(12)37-10-9-16-18(22(26)30)27-11-38-16)24(32)34-14(3)35-25(33)36-15-7-5-4-6-8-15/h9-15,17,19,29H,4-8H2,1-3H3,(H2,26,30)/b10-9-/t12-,13-,14?,17-,19-/m1/s1. The molecule has 5 atom stereocenters. The van der Waals surface area contributed by atoms with E-state index in [1.807, 2.05) is 6.92 Å². The number of aliphatic hydroxyl groups excluding tert-OH is 1. The van der Waals surface area contributed by atoms with E-state index < -0.39 is 42.4 Å². The molecule has 13 heteroatoms. The van der Waals surface area contributed by atoms with Gasteiger partial charge in [-0.1, -0.05) is 25.1 Å². The zero-order valence-electron chi connectivity index (χ0n) is 21.3. The van der Waals surface area contributed by atoms with E-state index in [4.69, 9.17) is 19.9 Å². The molecule has 1 saturated heterocycles. The summed E-state index contributed by atoms with van der Waals surface area (Å²) in [6.45, 7) is 4.80. The number of esters is 1. The number of aromatic nitrogens is 1. The fourth-order valence-corrected chi connectivity index (χ4v) is 6.88. The number of hydrogen-bond acceptors (Lipinski definition) is 11.